The van der Waals surface area contributed by atoms with Crippen molar-refractivity contribution in [3.63, 3.8) is 0 Å². The summed E-state index contributed by atoms with van der Waals surface area (Å²) < 4.78 is 0.773. The zero-order valence-corrected chi connectivity index (χ0v) is 13.0. The van der Waals surface area contributed by atoms with Crippen LogP contribution in [0.25, 0.3) is 0 Å². The van der Waals surface area contributed by atoms with Crippen molar-refractivity contribution in [2.24, 2.45) is 0 Å². The van der Waals surface area contributed by atoms with E-state index in [0.29, 0.717) is 6.54 Å². The fourth-order valence-electron chi connectivity index (χ4n) is 1.80. The van der Waals surface area contributed by atoms with Gasteiger partial charge in [-0.2, -0.15) is 0 Å². The van der Waals surface area contributed by atoms with Crippen LogP contribution in [0.15, 0.2) is 24.3 Å². The first kappa shape index (κ1) is 15.1. The Morgan fingerprint density at radius 3 is 2.70 bits per heavy atom. The first-order chi connectivity index (χ1) is 9.47. The fourth-order valence-corrected chi connectivity index (χ4v) is 3.12. The van der Waals surface area contributed by atoms with Crippen molar-refractivity contribution in [2.75, 3.05) is 11.9 Å². The number of hydrogen-bond acceptors (Lipinski definition) is 4. The second-order valence-corrected chi connectivity index (χ2v) is 6.47. The predicted octanol–water partition coefficient (Wildman–Crippen LogP) is 4.93. The van der Waals surface area contributed by atoms with E-state index >= 15 is 0 Å². The van der Waals surface area contributed by atoms with Gasteiger partial charge in [-0.25, -0.2) is 0 Å². The van der Waals surface area contributed by atoms with Gasteiger partial charge in [-0.3, -0.25) is 10.1 Å². The van der Waals surface area contributed by atoms with Crippen LogP contribution in [-0.2, 0) is 6.42 Å². The molecule has 7 heteroatoms. The summed E-state index contributed by atoms with van der Waals surface area (Å²) in [4.78, 5) is 11.5. The fraction of sp³-hybridized carbons (Fsp3) is 0.231. The summed E-state index contributed by atoms with van der Waals surface area (Å²) in [6.07, 6.45) is 0.839. The van der Waals surface area contributed by atoms with E-state index in [1.807, 2.05) is 19.1 Å². The summed E-state index contributed by atoms with van der Waals surface area (Å²) in [5.74, 6) is 0. The minimum atomic E-state index is -0.479. The zero-order valence-electron chi connectivity index (χ0n) is 10.7. The normalized spacial score (nSPS) is 10.6. The maximum absolute atomic E-state index is 10.8. The molecule has 4 nitrogen and oxygen atoms in total. The molecule has 1 aromatic heterocycles. The Labute approximate surface area is 130 Å². The van der Waals surface area contributed by atoms with Gasteiger partial charge in [0.2, 0.25) is 0 Å². The highest BCUT2D eigenvalue weighted by Crippen LogP contribution is 2.30. The Bertz CT molecular complexity index is 643. The van der Waals surface area contributed by atoms with Crippen molar-refractivity contribution in [3.8, 4) is 0 Å². The van der Waals surface area contributed by atoms with Crippen molar-refractivity contribution in [3.05, 3.63) is 54.2 Å². The molecule has 0 unspecified atom stereocenters. The Kier molecular flexibility index (Phi) is 4.86. The topological polar surface area (TPSA) is 55.2 Å². The van der Waals surface area contributed by atoms with Gasteiger partial charge in [0.05, 0.1) is 9.26 Å². The summed E-state index contributed by atoms with van der Waals surface area (Å²) in [6.45, 7) is 2.53. The average Bonchev–Trinajstić information content (AvgIpc) is 2.78. The monoisotopic (exact) mass is 330 g/mol. The molecule has 0 aliphatic carbocycles. The van der Waals surface area contributed by atoms with Crippen LogP contribution in [0.2, 0.25) is 9.36 Å². The van der Waals surface area contributed by atoms with E-state index < -0.39 is 4.92 Å². The Balaban J connectivity index is 2.03. The molecule has 0 spiro atoms. The van der Waals surface area contributed by atoms with Crippen LogP contribution >= 0.6 is 34.5 Å². The molecule has 1 heterocycles. The van der Waals surface area contributed by atoms with Crippen LogP contribution in [0.1, 0.15) is 10.4 Å². The van der Waals surface area contributed by atoms with Gasteiger partial charge < -0.3 is 5.32 Å². The molecule has 1 N–H and O–H groups in total. The maximum atomic E-state index is 10.8. The molecule has 0 fully saturated rings. The first-order valence-electron chi connectivity index (χ1n) is 5.90. The van der Waals surface area contributed by atoms with Gasteiger partial charge in [-0.1, -0.05) is 23.2 Å². The Morgan fingerprint density at radius 1 is 1.35 bits per heavy atom. The summed E-state index contributed by atoms with van der Waals surface area (Å²) in [7, 11) is 0. The molecule has 0 aliphatic heterocycles. The Morgan fingerprint density at radius 2 is 2.10 bits per heavy atom. The summed E-state index contributed by atoms with van der Waals surface area (Å²) in [5, 5.41) is 14.2. The number of thiophene rings is 1. The average molecular weight is 331 g/mol. The number of nitrogens with zero attached hydrogens (tertiary/aromatic N) is 1. The number of anilines is 1. The van der Waals surface area contributed by atoms with Gasteiger partial charge in [-0.05, 0) is 37.1 Å². The number of rotatable bonds is 5. The lowest BCUT2D eigenvalue weighted by Gasteiger charge is -2.09. The van der Waals surface area contributed by atoms with Gasteiger partial charge in [0, 0.05) is 23.2 Å². The van der Waals surface area contributed by atoms with Gasteiger partial charge in [-0.15, -0.1) is 11.3 Å². The smallest absolute Gasteiger partial charge is 0.288 e. The molecular formula is C13H12Cl2N2O2S. The van der Waals surface area contributed by atoms with Gasteiger partial charge in [0.15, 0.2) is 0 Å². The van der Waals surface area contributed by atoms with Crippen molar-refractivity contribution >= 4 is 45.9 Å². The molecule has 0 aliphatic rings. The van der Waals surface area contributed by atoms with Crippen LogP contribution in [0.4, 0.5) is 11.4 Å². The quantitative estimate of drug-likeness (QED) is 0.624. The lowest BCUT2D eigenvalue weighted by molar-refractivity contribution is -0.384. The summed E-state index contributed by atoms with van der Waals surface area (Å²) >= 11 is 13.3. The number of hydrogen-bond donors (Lipinski definition) is 1. The molecular weight excluding hydrogens is 319 g/mol. The van der Waals surface area contributed by atoms with Crippen molar-refractivity contribution in [1.29, 1.82) is 0 Å². The van der Waals surface area contributed by atoms with E-state index in [2.05, 4.69) is 5.32 Å². The third-order valence-corrected chi connectivity index (χ3v) is 4.40. The van der Waals surface area contributed by atoms with Crippen LogP contribution in [0.5, 0.6) is 0 Å². The van der Waals surface area contributed by atoms with E-state index in [9.17, 15) is 10.1 Å². The lowest BCUT2D eigenvalue weighted by atomic mass is 10.1. The summed E-state index contributed by atoms with van der Waals surface area (Å²) in [6, 6.07) is 6.93. The summed E-state index contributed by atoms with van der Waals surface area (Å²) in [5.41, 5.74) is 1.54. The van der Waals surface area contributed by atoms with Crippen LogP contribution < -0.4 is 5.32 Å². The number of halogens is 2. The number of nitro benzene ring substituents is 1. The minimum Gasteiger partial charge on any atom is -0.384 e. The van der Waals surface area contributed by atoms with E-state index in [1.165, 1.54) is 10.9 Å². The third kappa shape index (κ3) is 3.62. The van der Waals surface area contributed by atoms with E-state index in [1.54, 1.807) is 17.4 Å². The van der Waals surface area contributed by atoms with E-state index in [-0.39, 0.29) is 10.7 Å². The molecule has 0 saturated carbocycles. The van der Waals surface area contributed by atoms with Crippen LogP contribution in [0, 0.1) is 17.0 Å². The molecule has 20 heavy (non-hydrogen) atoms. The van der Waals surface area contributed by atoms with E-state index in [0.717, 1.165) is 22.0 Å². The highest BCUT2D eigenvalue weighted by molar-refractivity contribution is 7.16. The largest absolute Gasteiger partial charge is 0.384 e. The van der Waals surface area contributed by atoms with Crippen molar-refractivity contribution in [1.82, 2.24) is 0 Å². The molecule has 1 aromatic carbocycles. The maximum Gasteiger partial charge on any atom is 0.288 e. The Hall–Kier alpha value is -1.30. The van der Waals surface area contributed by atoms with Gasteiger partial charge >= 0.3 is 0 Å². The molecule has 106 valence electrons. The van der Waals surface area contributed by atoms with Crippen molar-refractivity contribution < 1.29 is 4.92 Å². The molecule has 0 radical (unpaired) electrons. The highest BCUT2D eigenvalue weighted by Gasteiger charge is 2.14. The number of nitro groups is 1. The van der Waals surface area contributed by atoms with Crippen LogP contribution in [0.3, 0.4) is 0 Å². The predicted molar refractivity (Wildman–Crippen MR) is 84.4 cm³/mol. The number of nitrogens with one attached hydrogen (secondary N) is 1. The SMILES string of the molecule is Cc1cc([N+](=O)[O-])c(Cl)cc1NCCc1ccc(Cl)s1. The second kappa shape index (κ2) is 6.43. The first-order valence-corrected chi connectivity index (χ1v) is 7.47. The second-order valence-electron chi connectivity index (χ2n) is 4.26. The van der Waals surface area contributed by atoms with Crippen LogP contribution in [-0.4, -0.2) is 11.5 Å². The minimum absolute atomic E-state index is 0.0697. The number of benzene rings is 1. The molecule has 0 amide bonds. The lowest BCUT2D eigenvalue weighted by Crippen LogP contribution is -2.05. The zero-order chi connectivity index (χ0) is 14.7. The molecule has 2 rings (SSSR count). The molecule has 0 atom stereocenters. The molecule has 2 aromatic rings. The van der Waals surface area contributed by atoms with Crippen molar-refractivity contribution in [2.45, 2.75) is 13.3 Å². The number of aryl methyl sites for hydroxylation is 1. The standard InChI is InChI=1S/C13H12Cl2N2O2S/c1-8-6-12(17(18)19)10(14)7-11(8)16-5-4-9-2-3-13(15)20-9/h2-3,6-7,16H,4-5H2,1H3. The molecule has 0 bridgehead atoms. The van der Waals surface area contributed by atoms with Gasteiger partial charge in [0.25, 0.3) is 5.69 Å². The highest BCUT2D eigenvalue weighted by atomic mass is 35.5. The third-order valence-electron chi connectivity index (χ3n) is 2.81. The molecule has 0 saturated heterocycles. The van der Waals surface area contributed by atoms with E-state index in [4.69, 9.17) is 23.2 Å². The van der Waals surface area contributed by atoms with Gasteiger partial charge in [0.1, 0.15) is 5.02 Å².